The molecule has 0 unspecified atom stereocenters. The molecule has 3 aromatic heterocycles. The van der Waals surface area contributed by atoms with Crippen LogP contribution < -0.4 is 9.62 Å². The van der Waals surface area contributed by atoms with Crippen molar-refractivity contribution in [2.45, 2.75) is 6.92 Å². The molecule has 1 N–H and O–H groups in total. The summed E-state index contributed by atoms with van der Waals surface area (Å²) in [4.78, 5) is 22.1. The number of ether oxygens (including phenoxy) is 1. The zero-order valence-corrected chi connectivity index (χ0v) is 26.0. The third-order valence-electron chi connectivity index (χ3n) is 8.05. The normalized spacial score (nSPS) is 14.3. The van der Waals surface area contributed by atoms with E-state index in [9.17, 15) is 17.6 Å². The molecule has 1 saturated heterocycles. The first-order chi connectivity index (χ1) is 22.0. The van der Waals surface area contributed by atoms with E-state index < -0.39 is 27.2 Å². The van der Waals surface area contributed by atoms with Crippen molar-refractivity contribution < 1.29 is 31.2 Å². The summed E-state index contributed by atoms with van der Waals surface area (Å²) < 4.78 is 59.8. The zero-order valence-electron chi connectivity index (χ0n) is 25.2. The van der Waals surface area contributed by atoms with Gasteiger partial charge in [0.15, 0.2) is 11.2 Å². The second kappa shape index (κ2) is 11.1. The molecule has 7 rings (SSSR count). The Morgan fingerprint density at radius 2 is 1.74 bits per heavy atom. The number of hydrogen-bond acceptors (Lipinski definition) is 8. The molecule has 234 valence electrons. The van der Waals surface area contributed by atoms with Crippen LogP contribution in [0.4, 0.5) is 10.1 Å². The maximum absolute atomic E-state index is 13.8. The van der Waals surface area contributed by atoms with E-state index in [1.807, 2.05) is 31.2 Å². The minimum Gasteiger partial charge on any atom is -0.455 e. The number of nitrogens with one attached hydrogen (secondary N) is 1. The van der Waals surface area contributed by atoms with Crippen molar-refractivity contribution in [3.63, 3.8) is 0 Å². The standard InChI is InChI=1S/C34H29FN4O6S/c1-34(18-43-19-34)17-39(46(3,41)42)26-16-28-25(29(32(40)36-2)30(44-28)20-9-11-23(35)12-10-20)15-24(26)21-6-4-7-22(14-21)33-38-31-27(45-33)8-5-13-37-31/h4-16H,17-19H2,1-3H3,(H,36,40). The van der Waals surface area contributed by atoms with E-state index in [0.717, 1.165) is 6.26 Å². The summed E-state index contributed by atoms with van der Waals surface area (Å²) in [6.07, 6.45) is 2.79. The van der Waals surface area contributed by atoms with Crippen LogP contribution in [0.5, 0.6) is 0 Å². The fraction of sp³-hybridized carbons (Fsp3) is 0.206. The number of sulfonamides is 1. The highest BCUT2D eigenvalue weighted by molar-refractivity contribution is 7.92. The smallest absolute Gasteiger partial charge is 0.255 e. The number of nitrogens with zero attached hydrogens (tertiary/aromatic N) is 3. The van der Waals surface area contributed by atoms with E-state index in [0.29, 0.717) is 69.2 Å². The van der Waals surface area contributed by atoms with Crippen LogP contribution in [-0.4, -0.2) is 57.4 Å². The Balaban J connectivity index is 1.48. The SMILES string of the molecule is CNC(=O)c1c(-c2ccc(F)cc2)oc2cc(N(CC3(C)COC3)S(C)(=O)=O)c(-c3cccc(-c4nc5ncccc5o4)c3)cc12. The molecule has 1 fully saturated rings. The molecule has 3 aromatic carbocycles. The minimum absolute atomic E-state index is 0.161. The van der Waals surface area contributed by atoms with Crippen LogP contribution in [0.1, 0.15) is 17.3 Å². The zero-order chi connectivity index (χ0) is 32.2. The first kappa shape index (κ1) is 29.6. The predicted octanol–water partition coefficient (Wildman–Crippen LogP) is 6.27. The molecule has 1 aliphatic heterocycles. The number of carbonyl (C=O) groups is 1. The van der Waals surface area contributed by atoms with Gasteiger partial charge < -0.3 is 18.9 Å². The van der Waals surface area contributed by atoms with Crippen LogP contribution >= 0.6 is 0 Å². The van der Waals surface area contributed by atoms with Crippen molar-refractivity contribution in [2.75, 3.05) is 37.4 Å². The van der Waals surface area contributed by atoms with Crippen molar-refractivity contribution in [1.82, 2.24) is 15.3 Å². The molecular formula is C34H29FN4O6S. The molecule has 0 radical (unpaired) electrons. The van der Waals surface area contributed by atoms with Crippen LogP contribution in [0.3, 0.4) is 0 Å². The van der Waals surface area contributed by atoms with Crippen molar-refractivity contribution in [3.05, 3.63) is 90.4 Å². The van der Waals surface area contributed by atoms with E-state index in [4.69, 9.17) is 13.6 Å². The van der Waals surface area contributed by atoms with Crippen molar-refractivity contribution in [1.29, 1.82) is 0 Å². The van der Waals surface area contributed by atoms with E-state index in [-0.39, 0.29) is 17.9 Å². The second-order valence-electron chi connectivity index (χ2n) is 11.8. The van der Waals surface area contributed by atoms with Crippen LogP contribution in [-0.2, 0) is 14.8 Å². The van der Waals surface area contributed by atoms with Gasteiger partial charge in [0.05, 0.1) is 30.7 Å². The number of anilines is 1. The summed E-state index contributed by atoms with van der Waals surface area (Å²) >= 11 is 0. The highest BCUT2D eigenvalue weighted by Gasteiger charge is 2.39. The first-order valence-electron chi connectivity index (χ1n) is 14.5. The summed E-state index contributed by atoms with van der Waals surface area (Å²) in [6, 6.07) is 19.9. The van der Waals surface area contributed by atoms with Crippen molar-refractivity contribution in [2.24, 2.45) is 5.41 Å². The van der Waals surface area contributed by atoms with Gasteiger partial charge in [-0.25, -0.2) is 17.8 Å². The van der Waals surface area contributed by atoms with Crippen LogP contribution in [0.25, 0.3) is 56.1 Å². The Morgan fingerprint density at radius 1 is 0.978 bits per heavy atom. The van der Waals surface area contributed by atoms with Crippen LogP contribution in [0, 0.1) is 11.2 Å². The van der Waals surface area contributed by atoms with Crippen LogP contribution in [0.2, 0.25) is 0 Å². The number of rotatable bonds is 8. The molecule has 46 heavy (non-hydrogen) atoms. The van der Waals surface area contributed by atoms with Gasteiger partial charge in [0.25, 0.3) is 5.91 Å². The number of pyridine rings is 1. The molecule has 6 aromatic rings. The number of furan rings is 1. The first-order valence-corrected chi connectivity index (χ1v) is 16.3. The second-order valence-corrected chi connectivity index (χ2v) is 13.7. The average molecular weight is 641 g/mol. The molecule has 0 atom stereocenters. The fourth-order valence-electron chi connectivity index (χ4n) is 5.71. The number of benzene rings is 3. The lowest BCUT2D eigenvalue weighted by atomic mass is 9.88. The number of halogens is 1. The van der Waals surface area contributed by atoms with Gasteiger partial charge in [0, 0.05) is 53.3 Å². The lowest BCUT2D eigenvalue weighted by molar-refractivity contribution is -0.0940. The molecular weight excluding hydrogens is 611 g/mol. The largest absolute Gasteiger partial charge is 0.455 e. The summed E-state index contributed by atoms with van der Waals surface area (Å²) in [6.45, 7) is 2.95. The highest BCUT2D eigenvalue weighted by atomic mass is 32.2. The highest BCUT2D eigenvalue weighted by Crippen LogP contribution is 2.43. The summed E-state index contributed by atoms with van der Waals surface area (Å²) in [7, 11) is -2.30. The Hall–Kier alpha value is -5.07. The van der Waals surface area contributed by atoms with E-state index in [1.165, 1.54) is 35.6 Å². The molecule has 0 bridgehead atoms. The Morgan fingerprint density at radius 3 is 2.41 bits per heavy atom. The molecule has 4 heterocycles. The predicted molar refractivity (Wildman–Crippen MR) is 172 cm³/mol. The maximum atomic E-state index is 13.8. The van der Waals surface area contributed by atoms with Gasteiger partial charge in [-0.15, -0.1) is 0 Å². The Labute approximate surface area is 263 Å². The number of carbonyl (C=O) groups excluding carboxylic acids is 1. The minimum atomic E-state index is -3.81. The number of fused-ring (bicyclic) bond motifs is 2. The van der Waals surface area contributed by atoms with Crippen molar-refractivity contribution in [3.8, 4) is 33.9 Å². The van der Waals surface area contributed by atoms with Gasteiger partial charge in [-0.3, -0.25) is 9.10 Å². The summed E-state index contributed by atoms with van der Waals surface area (Å²) in [5.41, 5.74) is 3.82. The van der Waals surface area contributed by atoms with Gasteiger partial charge in [0.2, 0.25) is 15.9 Å². The third-order valence-corrected chi connectivity index (χ3v) is 9.17. The van der Waals surface area contributed by atoms with E-state index >= 15 is 0 Å². The third kappa shape index (κ3) is 5.29. The van der Waals surface area contributed by atoms with Crippen LogP contribution in [0.15, 0.2) is 87.8 Å². The molecule has 0 saturated carbocycles. The summed E-state index contributed by atoms with van der Waals surface area (Å²) in [5, 5.41) is 3.13. The molecule has 1 aliphatic rings. The Bertz CT molecular complexity index is 2210. The average Bonchev–Trinajstić information content (AvgIpc) is 3.63. The molecule has 0 spiro atoms. The van der Waals surface area contributed by atoms with Gasteiger partial charge in [-0.05, 0) is 60.2 Å². The number of oxazole rings is 1. The number of hydrogen-bond donors (Lipinski definition) is 1. The lowest BCUT2D eigenvalue weighted by Crippen LogP contribution is -2.50. The lowest BCUT2D eigenvalue weighted by Gasteiger charge is -2.42. The molecule has 10 nitrogen and oxygen atoms in total. The number of aromatic nitrogens is 2. The quantitative estimate of drug-likeness (QED) is 0.206. The summed E-state index contributed by atoms with van der Waals surface area (Å²) in [5.74, 6) is -0.262. The van der Waals surface area contributed by atoms with Gasteiger partial charge in [-0.2, -0.15) is 4.98 Å². The topological polar surface area (TPSA) is 128 Å². The number of amides is 1. The molecule has 0 aliphatic carbocycles. The molecule has 1 amide bonds. The fourth-order valence-corrected chi connectivity index (χ4v) is 6.76. The van der Waals surface area contributed by atoms with Gasteiger partial charge in [-0.1, -0.05) is 19.1 Å². The van der Waals surface area contributed by atoms with Gasteiger partial charge >= 0.3 is 0 Å². The van der Waals surface area contributed by atoms with E-state index in [1.54, 1.807) is 30.5 Å². The van der Waals surface area contributed by atoms with Crippen molar-refractivity contribution >= 4 is 43.8 Å². The monoisotopic (exact) mass is 640 g/mol. The van der Waals surface area contributed by atoms with E-state index in [2.05, 4.69) is 15.3 Å². The Kier molecular flexibility index (Phi) is 7.13. The maximum Gasteiger partial charge on any atom is 0.255 e. The molecule has 12 heteroatoms. The van der Waals surface area contributed by atoms with Gasteiger partial charge in [0.1, 0.15) is 17.2 Å².